The molecule has 1 aliphatic carbocycles. The summed E-state index contributed by atoms with van der Waals surface area (Å²) in [5.41, 5.74) is -2.63. The van der Waals surface area contributed by atoms with Gasteiger partial charge in [0.2, 0.25) is 0 Å². The average molecular weight is 280 g/mol. The normalized spacial score (nSPS) is 27.9. The first-order valence-corrected chi connectivity index (χ1v) is 7.31. The molecular formula is C11H20O6S. The number of aliphatic hydroxyl groups is 1. The van der Waals surface area contributed by atoms with Crippen LogP contribution in [0, 0.1) is 23.2 Å². The number of rotatable bonds is 5. The van der Waals surface area contributed by atoms with Gasteiger partial charge in [-0.1, -0.05) is 27.7 Å². The summed E-state index contributed by atoms with van der Waals surface area (Å²) >= 11 is 0. The minimum absolute atomic E-state index is 0.181. The van der Waals surface area contributed by atoms with Crippen molar-refractivity contribution >= 4 is 16.1 Å². The zero-order chi connectivity index (χ0) is 14.3. The van der Waals surface area contributed by atoms with Crippen molar-refractivity contribution in [3.63, 3.8) is 0 Å². The van der Waals surface area contributed by atoms with Crippen LogP contribution in [0.1, 0.15) is 27.7 Å². The zero-order valence-corrected chi connectivity index (χ0v) is 11.8. The number of carbonyl (C=O) groups is 1. The lowest BCUT2D eigenvalue weighted by molar-refractivity contribution is -0.147. The molecule has 0 aromatic heterocycles. The first-order chi connectivity index (χ1) is 7.99. The first-order valence-electron chi connectivity index (χ1n) is 5.80. The van der Waals surface area contributed by atoms with Crippen LogP contribution >= 0.6 is 0 Å². The second kappa shape index (κ2) is 4.79. The van der Waals surface area contributed by atoms with Crippen LogP contribution in [-0.4, -0.2) is 36.1 Å². The molecule has 1 rings (SSSR count). The Morgan fingerprint density at radius 1 is 1.39 bits per heavy atom. The fourth-order valence-electron chi connectivity index (χ4n) is 2.18. The molecule has 0 aromatic carbocycles. The van der Waals surface area contributed by atoms with Gasteiger partial charge in [0.25, 0.3) is 10.1 Å². The third-order valence-corrected chi connectivity index (χ3v) is 4.24. The lowest BCUT2D eigenvalue weighted by Gasteiger charge is -2.08. The van der Waals surface area contributed by atoms with Crippen LogP contribution in [0.25, 0.3) is 0 Å². The molecule has 1 aliphatic rings. The number of carbonyl (C=O) groups excluding carboxylic acids is 1. The number of ether oxygens (including phenoxy) is 1. The Hall–Kier alpha value is -0.660. The van der Waals surface area contributed by atoms with Crippen molar-refractivity contribution in [3.8, 4) is 0 Å². The van der Waals surface area contributed by atoms with Crippen LogP contribution in [0.3, 0.4) is 0 Å². The highest BCUT2D eigenvalue weighted by molar-refractivity contribution is 7.86. The maximum atomic E-state index is 11.8. The van der Waals surface area contributed by atoms with Gasteiger partial charge in [-0.3, -0.25) is 9.35 Å². The molecule has 6 nitrogen and oxygen atoms in total. The van der Waals surface area contributed by atoms with E-state index in [2.05, 4.69) is 0 Å². The average Bonchev–Trinajstić information content (AvgIpc) is 2.75. The molecule has 0 aliphatic heterocycles. The van der Waals surface area contributed by atoms with Gasteiger partial charge in [-0.2, -0.15) is 8.42 Å². The largest absolute Gasteiger partial charge is 0.465 e. The predicted molar refractivity (Wildman–Crippen MR) is 64.1 cm³/mol. The molecule has 3 unspecified atom stereocenters. The lowest BCUT2D eigenvalue weighted by atomic mass is 10.1. The van der Waals surface area contributed by atoms with E-state index in [0.29, 0.717) is 0 Å². The van der Waals surface area contributed by atoms with Gasteiger partial charge in [0.1, 0.15) is 0 Å². The summed E-state index contributed by atoms with van der Waals surface area (Å²) in [6.07, 6.45) is 0. The predicted octanol–water partition coefficient (Wildman–Crippen LogP) is 0.664. The lowest BCUT2D eigenvalue weighted by Crippen LogP contribution is -2.25. The van der Waals surface area contributed by atoms with Crippen LogP contribution in [0.2, 0.25) is 0 Å². The van der Waals surface area contributed by atoms with Crippen molar-refractivity contribution in [2.45, 2.75) is 33.1 Å². The van der Waals surface area contributed by atoms with Gasteiger partial charge in [-0.25, -0.2) is 0 Å². The van der Waals surface area contributed by atoms with Crippen molar-refractivity contribution in [2.24, 2.45) is 23.2 Å². The quantitative estimate of drug-likeness (QED) is 0.567. The van der Waals surface area contributed by atoms with E-state index in [9.17, 15) is 18.3 Å². The molecule has 0 radical (unpaired) electrons. The van der Waals surface area contributed by atoms with Gasteiger partial charge >= 0.3 is 5.97 Å². The number of aliphatic hydroxyl groups excluding tert-OH is 1. The molecular weight excluding hydrogens is 260 g/mol. The van der Waals surface area contributed by atoms with Crippen molar-refractivity contribution in [1.29, 1.82) is 0 Å². The Bertz CT molecular complexity index is 425. The molecule has 0 aromatic rings. The van der Waals surface area contributed by atoms with Gasteiger partial charge in [-0.15, -0.1) is 0 Å². The van der Waals surface area contributed by atoms with Gasteiger partial charge in [0, 0.05) is 5.92 Å². The highest BCUT2D eigenvalue weighted by Crippen LogP contribution is 2.61. The van der Waals surface area contributed by atoms with E-state index >= 15 is 0 Å². The number of hydrogen-bond acceptors (Lipinski definition) is 5. The summed E-state index contributed by atoms with van der Waals surface area (Å²) in [5, 5.41) is 9.51. The van der Waals surface area contributed by atoms with Crippen molar-refractivity contribution in [3.05, 3.63) is 0 Å². The molecule has 2 N–H and O–H groups in total. The molecule has 1 fully saturated rings. The first kappa shape index (κ1) is 15.4. The van der Waals surface area contributed by atoms with E-state index in [1.165, 1.54) is 0 Å². The molecule has 0 amide bonds. The third-order valence-electron chi connectivity index (χ3n) is 3.34. The van der Waals surface area contributed by atoms with Crippen molar-refractivity contribution < 1.29 is 27.6 Å². The van der Waals surface area contributed by atoms with Crippen LogP contribution in [-0.2, 0) is 19.6 Å². The maximum Gasteiger partial charge on any atom is 0.309 e. The molecule has 1 saturated carbocycles. The molecule has 18 heavy (non-hydrogen) atoms. The Balaban J connectivity index is 2.72. The highest BCUT2D eigenvalue weighted by Gasteiger charge is 2.67. The summed E-state index contributed by atoms with van der Waals surface area (Å²) in [6, 6.07) is 0. The number of hydrogen-bond donors (Lipinski definition) is 2. The second-order valence-corrected chi connectivity index (χ2v) is 7.27. The van der Waals surface area contributed by atoms with E-state index < -0.39 is 38.8 Å². The summed E-state index contributed by atoms with van der Waals surface area (Å²) in [5.74, 6) is -1.87. The third kappa shape index (κ3) is 3.02. The highest BCUT2D eigenvalue weighted by atomic mass is 32.2. The molecule has 0 bridgehead atoms. The van der Waals surface area contributed by atoms with Crippen LogP contribution in [0.15, 0.2) is 0 Å². The van der Waals surface area contributed by atoms with Gasteiger partial charge < -0.3 is 9.84 Å². The van der Waals surface area contributed by atoms with Crippen molar-refractivity contribution in [1.82, 2.24) is 0 Å². The van der Waals surface area contributed by atoms with Crippen molar-refractivity contribution in [2.75, 3.05) is 6.61 Å². The fraction of sp³-hybridized carbons (Fsp3) is 0.909. The standard InChI is InChI=1S/C11H20O6S/c1-6(2)5-17-9(12)7-8(11(7,3)4)10(13)18(14,15)16/h6-8,10,13H,5H2,1-4H3,(H,14,15,16). The summed E-state index contributed by atoms with van der Waals surface area (Å²) in [6.45, 7) is 7.34. The summed E-state index contributed by atoms with van der Waals surface area (Å²) in [4.78, 5) is 11.8. The summed E-state index contributed by atoms with van der Waals surface area (Å²) < 4.78 is 35.6. The van der Waals surface area contributed by atoms with Crippen LogP contribution < -0.4 is 0 Å². The van der Waals surface area contributed by atoms with Crippen LogP contribution in [0.4, 0.5) is 0 Å². The minimum atomic E-state index is -4.56. The van der Waals surface area contributed by atoms with Crippen LogP contribution in [0.5, 0.6) is 0 Å². The van der Waals surface area contributed by atoms with E-state index in [1.54, 1.807) is 13.8 Å². The fourth-order valence-corrected chi connectivity index (χ4v) is 3.06. The van der Waals surface area contributed by atoms with E-state index in [-0.39, 0.29) is 12.5 Å². The minimum Gasteiger partial charge on any atom is -0.465 e. The zero-order valence-electron chi connectivity index (χ0n) is 11.0. The summed E-state index contributed by atoms with van der Waals surface area (Å²) in [7, 11) is -4.56. The Morgan fingerprint density at radius 3 is 2.28 bits per heavy atom. The molecule has 3 atom stereocenters. The van der Waals surface area contributed by atoms with E-state index in [1.807, 2.05) is 13.8 Å². The SMILES string of the molecule is CC(C)COC(=O)C1C(C(O)S(=O)(=O)O)C1(C)C. The topological polar surface area (TPSA) is 101 Å². The number of esters is 1. The van der Waals surface area contributed by atoms with Gasteiger partial charge in [-0.05, 0) is 11.3 Å². The Labute approximate surface area is 107 Å². The molecule has 0 saturated heterocycles. The molecule has 7 heteroatoms. The molecule has 0 spiro atoms. The second-order valence-electron chi connectivity index (χ2n) is 5.75. The van der Waals surface area contributed by atoms with Gasteiger partial charge in [0.15, 0.2) is 5.44 Å². The van der Waals surface area contributed by atoms with E-state index in [0.717, 1.165) is 0 Å². The smallest absolute Gasteiger partial charge is 0.309 e. The van der Waals surface area contributed by atoms with Gasteiger partial charge in [0.05, 0.1) is 12.5 Å². The monoisotopic (exact) mass is 280 g/mol. The van der Waals surface area contributed by atoms with E-state index in [4.69, 9.17) is 9.29 Å². The maximum absolute atomic E-state index is 11.8. The Morgan fingerprint density at radius 2 is 1.89 bits per heavy atom. The Kier molecular flexibility index (Phi) is 4.10. The molecule has 106 valence electrons. The molecule has 0 heterocycles.